The summed E-state index contributed by atoms with van der Waals surface area (Å²) < 4.78 is 1.27. The first-order chi connectivity index (χ1) is 2.89. The molecule has 1 heterocycles. The Morgan fingerprint density at radius 3 is 2.67 bits per heavy atom. The van der Waals surface area contributed by atoms with Crippen molar-refractivity contribution in [2.45, 2.75) is 6.42 Å². The number of rotatable bonds is 0. The Kier molecular flexibility index (Phi) is 1.05. The van der Waals surface area contributed by atoms with Crippen molar-refractivity contribution >= 4 is 0 Å². The van der Waals surface area contributed by atoms with Gasteiger partial charge in [-0.05, 0) is 0 Å². The molecule has 1 saturated heterocycles. The lowest BCUT2D eigenvalue weighted by atomic mass is 10.5. The molecule has 0 aliphatic carbocycles. The SMILES string of the molecule is [O-][O+]1CCCO1. The summed E-state index contributed by atoms with van der Waals surface area (Å²) in [7, 11) is 0. The lowest BCUT2D eigenvalue weighted by Gasteiger charge is -2.03. The van der Waals surface area contributed by atoms with E-state index >= 15 is 0 Å². The van der Waals surface area contributed by atoms with Crippen molar-refractivity contribution in [2.24, 2.45) is 0 Å². The highest BCUT2D eigenvalue weighted by Crippen LogP contribution is 2.00. The summed E-state index contributed by atoms with van der Waals surface area (Å²) in [6, 6.07) is 0. The molecule has 1 aliphatic heterocycles. The number of hydrogen-bond acceptors (Lipinski definition) is 2. The molecule has 0 N–H and O–H groups in total. The third-order valence-electron chi connectivity index (χ3n) is 0.670. The smallest absolute Gasteiger partial charge is 0.194 e. The van der Waals surface area contributed by atoms with E-state index in [2.05, 4.69) is 4.89 Å². The van der Waals surface area contributed by atoms with Gasteiger partial charge in [-0.25, -0.2) is 4.67 Å². The third kappa shape index (κ3) is 0.680. The second-order valence-electron chi connectivity index (χ2n) is 1.18. The molecule has 0 aromatic rings. The van der Waals surface area contributed by atoms with Crippen molar-refractivity contribution < 1.29 is 14.8 Å². The normalized spacial score (nSPS) is 25.5. The number of hydrogen-bond donors (Lipinski definition) is 0. The second kappa shape index (κ2) is 1.55. The molecule has 1 rings (SSSR count). The van der Waals surface area contributed by atoms with Crippen LogP contribution in [0.25, 0.3) is 0 Å². The van der Waals surface area contributed by atoms with E-state index in [0.29, 0.717) is 13.2 Å². The van der Waals surface area contributed by atoms with Gasteiger partial charge in [0.15, 0.2) is 6.61 Å². The molecule has 0 aromatic heterocycles. The second-order valence-corrected chi connectivity index (χ2v) is 1.18. The van der Waals surface area contributed by atoms with Crippen LogP contribution in [0.1, 0.15) is 6.42 Å². The van der Waals surface area contributed by atoms with Gasteiger partial charge in [-0.1, -0.05) is 0 Å². The Balaban J connectivity index is 2.18. The molecule has 0 unspecified atom stereocenters. The summed E-state index contributed by atoms with van der Waals surface area (Å²) >= 11 is 0. The summed E-state index contributed by atoms with van der Waals surface area (Å²) in [5.41, 5.74) is 0. The van der Waals surface area contributed by atoms with Crippen molar-refractivity contribution in [2.75, 3.05) is 13.2 Å². The van der Waals surface area contributed by atoms with Gasteiger partial charge in [-0.3, -0.25) is 0 Å². The highest BCUT2D eigenvalue weighted by atomic mass is 17.6. The van der Waals surface area contributed by atoms with Gasteiger partial charge in [-0.15, -0.1) is 4.89 Å². The van der Waals surface area contributed by atoms with E-state index in [1.165, 1.54) is 4.67 Å². The van der Waals surface area contributed by atoms with Crippen LogP contribution < -0.4 is 5.26 Å². The van der Waals surface area contributed by atoms with Gasteiger partial charge in [0.1, 0.15) is 6.61 Å². The molecule has 0 radical (unpaired) electrons. The maximum Gasteiger partial charge on any atom is 0.194 e. The summed E-state index contributed by atoms with van der Waals surface area (Å²) in [6.07, 6.45) is 0.841. The molecule has 1 fully saturated rings. The van der Waals surface area contributed by atoms with Crippen molar-refractivity contribution in [3.63, 3.8) is 0 Å². The Bertz CT molecular complexity index is 39.3. The van der Waals surface area contributed by atoms with Crippen molar-refractivity contribution in [1.82, 2.24) is 0 Å². The van der Waals surface area contributed by atoms with Gasteiger partial charge in [0.25, 0.3) is 0 Å². The van der Waals surface area contributed by atoms with E-state index in [9.17, 15) is 5.26 Å². The van der Waals surface area contributed by atoms with Gasteiger partial charge in [0.05, 0.1) is 6.42 Å². The minimum absolute atomic E-state index is 0.458. The van der Waals surface area contributed by atoms with E-state index in [0.717, 1.165) is 6.42 Å². The van der Waals surface area contributed by atoms with Gasteiger partial charge < -0.3 is 5.26 Å². The largest absolute Gasteiger partial charge is 0.486 e. The monoisotopic (exact) mass is 90.0 g/mol. The molecule has 36 valence electrons. The fourth-order valence-corrected chi connectivity index (χ4v) is 0.388. The fourth-order valence-electron chi connectivity index (χ4n) is 0.388. The van der Waals surface area contributed by atoms with Gasteiger partial charge >= 0.3 is 0 Å². The van der Waals surface area contributed by atoms with Crippen LogP contribution in [0.4, 0.5) is 0 Å². The molecular formula is C3H6O3. The van der Waals surface area contributed by atoms with E-state index in [-0.39, 0.29) is 0 Å². The summed E-state index contributed by atoms with van der Waals surface area (Å²) in [5, 5.41) is 9.85. The quantitative estimate of drug-likeness (QED) is 0.287. The summed E-state index contributed by atoms with van der Waals surface area (Å²) in [6.45, 7) is 1.02. The average Bonchev–Trinajstić information content (AvgIpc) is 1.86. The van der Waals surface area contributed by atoms with E-state index in [1.807, 2.05) is 0 Å². The van der Waals surface area contributed by atoms with Crippen molar-refractivity contribution in [3.05, 3.63) is 0 Å². The maximum atomic E-state index is 9.85. The Morgan fingerprint density at radius 2 is 2.50 bits per heavy atom. The minimum Gasteiger partial charge on any atom is -0.486 e. The lowest BCUT2D eigenvalue weighted by Crippen LogP contribution is -2.20. The zero-order chi connectivity index (χ0) is 4.41. The standard InChI is InChI=1S/C3H6O3/c4-6-3-1-2-5-6/h1-3H2. The van der Waals surface area contributed by atoms with Crippen molar-refractivity contribution in [1.29, 1.82) is 0 Å². The van der Waals surface area contributed by atoms with Crippen LogP contribution in [0.2, 0.25) is 0 Å². The maximum absolute atomic E-state index is 9.85. The molecule has 0 bridgehead atoms. The average molecular weight is 90.1 g/mol. The van der Waals surface area contributed by atoms with Crippen LogP contribution in [-0.4, -0.2) is 13.2 Å². The highest BCUT2D eigenvalue weighted by molar-refractivity contribution is 4.33. The lowest BCUT2D eigenvalue weighted by molar-refractivity contribution is -0.895. The predicted molar refractivity (Wildman–Crippen MR) is 16.5 cm³/mol. The fraction of sp³-hybridized carbons (Fsp3) is 1.00. The zero-order valence-electron chi connectivity index (χ0n) is 3.35. The molecular weight excluding hydrogens is 84.0 g/mol. The molecule has 0 amide bonds. The van der Waals surface area contributed by atoms with E-state index in [1.54, 1.807) is 0 Å². The molecule has 1 aliphatic rings. The zero-order valence-corrected chi connectivity index (χ0v) is 3.35. The molecule has 0 spiro atoms. The van der Waals surface area contributed by atoms with Gasteiger partial charge in [0, 0.05) is 0 Å². The van der Waals surface area contributed by atoms with E-state index < -0.39 is 0 Å². The van der Waals surface area contributed by atoms with Crippen LogP contribution in [0, 0.1) is 0 Å². The van der Waals surface area contributed by atoms with Crippen LogP contribution in [-0.2, 0) is 9.56 Å². The van der Waals surface area contributed by atoms with Crippen LogP contribution in [0.15, 0.2) is 0 Å². The Morgan fingerprint density at radius 1 is 1.67 bits per heavy atom. The first-order valence-corrected chi connectivity index (χ1v) is 1.91. The molecule has 0 atom stereocenters. The first kappa shape index (κ1) is 4.05. The third-order valence-corrected chi connectivity index (χ3v) is 0.670. The predicted octanol–water partition coefficient (Wildman–Crippen LogP) is -0.851. The summed E-state index contributed by atoms with van der Waals surface area (Å²) in [5.74, 6) is 0. The molecule has 0 saturated carbocycles. The topological polar surface area (TPSA) is 35.0 Å². The Labute approximate surface area is 35.7 Å². The summed E-state index contributed by atoms with van der Waals surface area (Å²) in [4.78, 5) is 4.35. The van der Waals surface area contributed by atoms with Crippen LogP contribution >= 0.6 is 0 Å². The minimum atomic E-state index is 0.458. The molecule has 3 heteroatoms. The molecule has 6 heavy (non-hydrogen) atoms. The first-order valence-electron chi connectivity index (χ1n) is 1.91. The van der Waals surface area contributed by atoms with Crippen LogP contribution in [0.3, 0.4) is 0 Å². The van der Waals surface area contributed by atoms with E-state index in [4.69, 9.17) is 0 Å². The van der Waals surface area contributed by atoms with Gasteiger partial charge in [-0.2, -0.15) is 0 Å². The van der Waals surface area contributed by atoms with Gasteiger partial charge in [0.2, 0.25) is 0 Å². The highest BCUT2D eigenvalue weighted by Gasteiger charge is 2.09. The Hall–Kier alpha value is -0.120. The molecule has 0 aromatic carbocycles. The van der Waals surface area contributed by atoms with Crippen molar-refractivity contribution in [3.8, 4) is 0 Å². The molecule has 3 nitrogen and oxygen atoms in total. The van der Waals surface area contributed by atoms with Crippen LogP contribution in [0.5, 0.6) is 0 Å².